The molecule has 1 aliphatic heterocycles. The lowest BCUT2D eigenvalue weighted by Gasteiger charge is -2.22. The van der Waals surface area contributed by atoms with Gasteiger partial charge in [0.1, 0.15) is 5.54 Å². The van der Waals surface area contributed by atoms with Gasteiger partial charge in [-0.15, -0.1) is 0 Å². The van der Waals surface area contributed by atoms with Gasteiger partial charge in [0.05, 0.1) is 0 Å². The third-order valence-electron chi connectivity index (χ3n) is 3.37. The number of fused-ring (bicyclic) bond motifs is 3. The molecule has 1 aliphatic carbocycles. The third-order valence-corrected chi connectivity index (χ3v) is 3.37. The molecule has 0 aromatic heterocycles. The molecule has 2 N–H and O–H groups in total. The second kappa shape index (κ2) is 2.36. The van der Waals surface area contributed by atoms with Crippen molar-refractivity contribution in [3.05, 3.63) is 35.4 Å². The number of carbonyl (C=O) groups is 1. The molecule has 0 radical (unpaired) electrons. The molecule has 3 heteroatoms. The molecule has 1 aromatic rings. The van der Waals surface area contributed by atoms with E-state index in [4.69, 9.17) is 5.11 Å². The summed E-state index contributed by atoms with van der Waals surface area (Å²) in [5, 5.41) is 12.2. The van der Waals surface area contributed by atoms with Crippen LogP contribution < -0.4 is 5.32 Å². The summed E-state index contributed by atoms with van der Waals surface area (Å²) in [6, 6.07) is 8.09. The van der Waals surface area contributed by atoms with Crippen LogP contribution in [0.4, 0.5) is 0 Å². The van der Waals surface area contributed by atoms with E-state index >= 15 is 0 Å². The van der Waals surface area contributed by atoms with Crippen LogP contribution in [0.15, 0.2) is 24.3 Å². The van der Waals surface area contributed by atoms with E-state index in [1.165, 1.54) is 11.1 Å². The summed E-state index contributed by atoms with van der Waals surface area (Å²) in [5.74, 6) is -0.526. The maximum atomic E-state index is 11.1. The summed E-state index contributed by atoms with van der Waals surface area (Å²) < 4.78 is 0. The van der Waals surface area contributed by atoms with Crippen molar-refractivity contribution in [2.75, 3.05) is 0 Å². The highest BCUT2D eigenvalue weighted by Crippen LogP contribution is 2.54. The van der Waals surface area contributed by atoms with Crippen molar-refractivity contribution in [1.29, 1.82) is 0 Å². The second-order valence-corrected chi connectivity index (χ2v) is 4.09. The van der Waals surface area contributed by atoms with Crippen LogP contribution in [0.2, 0.25) is 0 Å². The number of benzene rings is 1. The first-order chi connectivity index (χ1) is 6.74. The average molecular weight is 189 g/mol. The first kappa shape index (κ1) is 8.00. The highest BCUT2D eigenvalue weighted by molar-refractivity contribution is 5.86. The lowest BCUT2D eigenvalue weighted by molar-refractivity contribution is -0.141. The van der Waals surface area contributed by atoms with Crippen LogP contribution in [0.3, 0.4) is 0 Å². The average Bonchev–Trinajstić information content (AvgIpc) is 2.94. The maximum absolute atomic E-state index is 11.1. The van der Waals surface area contributed by atoms with Gasteiger partial charge in [0, 0.05) is 12.5 Å². The highest BCUT2D eigenvalue weighted by atomic mass is 16.4. The van der Waals surface area contributed by atoms with Gasteiger partial charge in [-0.3, -0.25) is 10.1 Å². The Balaban J connectivity index is 2.05. The Morgan fingerprint density at radius 1 is 1.50 bits per heavy atom. The van der Waals surface area contributed by atoms with Crippen LogP contribution in [0.5, 0.6) is 0 Å². The molecule has 3 nitrogen and oxygen atoms in total. The number of carboxylic acids is 1. The predicted molar refractivity (Wildman–Crippen MR) is 51.0 cm³/mol. The molecule has 3 rings (SSSR count). The fraction of sp³-hybridized carbons (Fsp3) is 0.364. The largest absolute Gasteiger partial charge is 0.480 e. The quantitative estimate of drug-likeness (QED) is 0.695. The normalized spacial score (nSPS) is 33.0. The first-order valence-corrected chi connectivity index (χ1v) is 4.80. The number of hydrogen-bond donors (Lipinski definition) is 2. The lowest BCUT2D eigenvalue weighted by Crippen LogP contribution is -2.42. The summed E-state index contributed by atoms with van der Waals surface area (Å²) in [6.45, 7) is 0.680. The standard InChI is InChI=1S/C11H11NO2/c13-10(14)11-5-9(11)8-4-2-1-3-7(8)6-12-11/h1-4,9,12H,5-6H2,(H,13,14)/t9-,11+/m0/s1. The lowest BCUT2D eigenvalue weighted by atomic mass is 9.96. The number of rotatable bonds is 1. The predicted octanol–water partition coefficient (Wildman–Crippen LogP) is 1.10. The Hall–Kier alpha value is -1.35. The molecular weight excluding hydrogens is 178 g/mol. The summed E-state index contributed by atoms with van der Waals surface area (Å²) in [5.41, 5.74) is 1.81. The summed E-state index contributed by atoms with van der Waals surface area (Å²) in [6.07, 6.45) is 0.735. The zero-order valence-electron chi connectivity index (χ0n) is 7.66. The SMILES string of the molecule is O=C(O)[C@@]12C[C@H]1c1ccccc1CN2. The molecule has 1 heterocycles. The second-order valence-electron chi connectivity index (χ2n) is 4.09. The van der Waals surface area contributed by atoms with E-state index in [1.807, 2.05) is 18.2 Å². The molecule has 0 amide bonds. The molecule has 2 aliphatic rings. The van der Waals surface area contributed by atoms with Crippen molar-refractivity contribution in [2.24, 2.45) is 0 Å². The van der Waals surface area contributed by atoms with Gasteiger partial charge in [0.25, 0.3) is 0 Å². The van der Waals surface area contributed by atoms with Gasteiger partial charge in [0.15, 0.2) is 0 Å². The fourth-order valence-electron chi connectivity index (χ4n) is 2.43. The summed E-state index contributed by atoms with van der Waals surface area (Å²) >= 11 is 0. The monoisotopic (exact) mass is 189 g/mol. The minimum Gasteiger partial charge on any atom is -0.480 e. The van der Waals surface area contributed by atoms with Crippen molar-refractivity contribution in [2.45, 2.75) is 24.4 Å². The van der Waals surface area contributed by atoms with E-state index in [-0.39, 0.29) is 5.92 Å². The van der Waals surface area contributed by atoms with E-state index in [2.05, 4.69) is 11.4 Å². The fourth-order valence-corrected chi connectivity index (χ4v) is 2.43. The van der Waals surface area contributed by atoms with Gasteiger partial charge in [-0.1, -0.05) is 24.3 Å². The molecule has 2 atom stereocenters. The molecule has 0 bridgehead atoms. The minimum absolute atomic E-state index is 0.185. The number of carboxylic acid groups (broad SMARTS) is 1. The first-order valence-electron chi connectivity index (χ1n) is 4.80. The summed E-state index contributed by atoms with van der Waals surface area (Å²) in [7, 11) is 0. The van der Waals surface area contributed by atoms with Crippen LogP contribution in [0.1, 0.15) is 23.5 Å². The van der Waals surface area contributed by atoms with Crippen LogP contribution in [0, 0.1) is 0 Å². The number of aliphatic carboxylic acids is 1. The van der Waals surface area contributed by atoms with Gasteiger partial charge in [0.2, 0.25) is 0 Å². The Morgan fingerprint density at radius 2 is 2.29 bits per heavy atom. The van der Waals surface area contributed by atoms with Crippen molar-refractivity contribution >= 4 is 5.97 Å². The maximum Gasteiger partial charge on any atom is 0.324 e. The summed E-state index contributed by atoms with van der Waals surface area (Å²) in [4.78, 5) is 11.1. The number of hydrogen-bond acceptors (Lipinski definition) is 2. The molecular formula is C11H11NO2. The van der Waals surface area contributed by atoms with E-state index in [0.29, 0.717) is 6.54 Å². The molecule has 0 unspecified atom stereocenters. The minimum atomic E-state index is -0.711. The molecule has 72 valence electrons. The molecule has 0 spiro atoms. The third kappa shape index (κ3) is 0.826. The smallest absolute Gasteiger partial charge is 0.324 e. The van der Waals surface area contributed by atoms with Crippen LogP contribution in [-0.2, 0) is 11.3 Å². The Bertz CT molecular complexity index is 416. The van der Waals surface area contributed by atoms with E-state index in [1.54, 1.807) is 0 Å². The molecule has 0 saturated heterocycles. The Kier molecular flexibility index (Phi) is 1.35. The van der Waals surface area contributed by atoms with Crippen molar-refractivity contribution in [3.8, 4) is 0 Å². The van der Waals surface area contributed by atoms with E-state index < -0.39 is 11.5 Å². The molecule has 1 aromatic carbocycles. The highest BCUT2D eigenvalue weighted by Gasteiger charge is 2.63. The molecule has 1 saturated carbocycles. The van der Waals surface area contributed by atoms with Crippen molar-refractivity contribution < 1.29 is 9.90 Å². The van der Waals surface area contributed by atoms with Gasteiger partial charge < -0.3 is 5.11 Å². The zero-order chi connectivity index (χ0) is 9.76. The van der Waals surface area contributed by atoms with E-state index in [9.17, 15) is 4.79 Å². The van der Waals surface area contributed by atoms with Crippen molar-refractivity contribution in [3.63, 3.8) is 0 Å². The van der Waals surface area contributed by atoms with Crippen LogP contribution in [-0.4, -0.2) is 16.6 Å². The van der Waals surface area contributed by atoms with Gasteiger partial charge in [-0.05, 0) is 17.5 Å². The van der Waals surface area contributed by atoms with Gasteiger partial charge in [-0.2, -0.15) is 0 Å². The zero-order valence-corrected chi connectivity index (χ0v) is 7.66. The Morgan fingerprint density at radius 3 is 3.07 bits per heavy atom. The van der Waals surface area contributed by atoms with Gasteiger partial charge in [-0.25, -0.2) is 0 Å². The topological polar surface area (TPSA) is 49.3 Å². The van der Waals surface area contributed by atoms with Crippen LogP contribution in [0.25, 0.3) is 0 Å². The molecule has 14 heavy (non-hydrogen) atoms. The molecule has 1 fully saturated rings. The Labute approximate surface area is 81.8 Å². The van der Waals surface area contributed by atoms with Gasteiger partial charge >= 0.3 is 5.97 Å². The van der Waals surface area contributed by atoms with E-state index in [0.717, 1.165) is 6.42 Å². The number of nitrogens with one attached hydrogen (secondary N) is 1. The van der Waals surface area contributed by atoms with Crippen molar-refractivity contribution in [1.82, 2.24) is 5.32 Å². The van der Waals surface area contributed by atoms with Crippen LogP contribution >= 0.6 is 0 Å².